The van der Waals surface area contributed by atoms with Crippen LogP contribution in [0.3, 0.4) is 0 Å². The fraction of sp³-hybridized carbons (Fsp3) is 0.250. The molecule has 0 bridgehead atoms. The van der Waals surface area contributed by atoms with Crippen molar-refractivity contribution in [1.82, 2.24) is 19.6 Å². The first-order chi connectivity index (χ1) is 10.6. The fourth-order valence-corrected chi connectivity index (χ4v) is 2.29. The highest BCUT2D eigenvalue weighted by atomic mass is 15.3. The second kappa shape index (κ2) is 5.55. The Hall–Kier alpha value is -2.76. The molecule has 112 valence electrons. The molecular formula is C16H18N6. The van der Waals surface area contributed by atoms with Crippen molar-refractivity contribution in [3.05, 3.63) is 36.3 Å². The standard InChI is InChI=1S/C16H18N6/c1-10(2)19-13-5-6-14(20-11(13)3)12-7-8-22-15(12)9-18-16(17-4)21-22/h5-9H,1-4H3,(H,17,21). The number of anilines is 1. The van der Waals surface area contributed by atoms with Crippen molar-refractivity contribution in [3.63, 3.8) is 0 Å². The highest BCUT2D eigenvalue weighted by Crippen LogP contribution is 2.27. The maximum atomic E-state index is 4.67. The third-order valence-corrected chi connectivity index (χ3v) is 3.32. The summed E-state index contributed by atoms with van der Waals surface area (Å²) in [6, 6.07) is 5.98. The van der Waals surface area contributed by atoms with Gasteiger partial charge in [0.1, 0.15) is 0 Å². The Labute approximate surface area is 129 Å². The summed E-state index contributed by atoms with van der Waals surface area (Å²) in [5, 5.41) is 7.29. The van der Waals surface area contributed by atoms with Crippen LogP contribution in [0.1, 0.15) is 19.5 Å². The fourth-order valence-electron chi connectivity index (χ4n) is 2.29. The van der Waals surface area contributed by atoms with Gasteiger partial charge in [-0.15, -0.1) is 5.10 Å². The van der Waals surface area contributed by atoms with E-state index in [-0.39, 0.29) is 0 Å². The molecule has 0 aromatic carbocycles. The third-order valence-electron chi connectivity index (χ3n) is 3.32. The molecule has 3 heterocycles. The molecule has 0 aliphatic carbocycles. The number of pyridine rings is 1. The van der Waals surface area contributed by atoms with Crippen molar-refractivity contribution >= 4 is 22.9 Å². The summed E-state index contributed by atoms with van der Waals surface area (Å²) in [4.78, 5) is 13.4. The Morgan fingerprint density at radius 1 is 1.23 bits per heavy atom. The van der Waals surface area contributed by atoms with Crippen LogP contribution < -0.4 is 5.32 Å². The van der Waals surface area contributed by atoms with Crippen LogP contribution in [0.2, 0.25) is 0 Å². The molecule has 22 heavy (non-hydrogen) atoms. The molecule has 3 aromatic rings. The van der Waals surface area contributed by atoms with Crippen LogP contribution in [0.4, 0.5) is 11.6 Å². The SMILES string of the molecule is CNc1ncc2c(-c3ccc(N=C(C)C)c(C)n3)ccn2n1. The van der Waals surface area contributed by atoms with E-state index in [1.165, 1.54) is 0 Å². The van der Waals surface area contributed by atoms with Gasteiger partial charge in [-0.05, 0) is 39.0 Å². The summed E-state index contributed by atoms with van der Waals surface area (Å²) in [5.41, 5.74) is 5.66. The normalized spacial score (nSPS) is 10.7. The van der Waals surface area contributed by atoms with E-state index in [9.17, 15) is 0 Å². The van der Waals surface area contributed by atoms with E-state index in [1.54, 1.807) is 17.8 Å². The number of hydrogen-bond acceptors (Lipinski definition) is 5. The molecule has 3 aromatic heterocycles. The maximum Gasteiger partial charge on any atom is 0.240 e. The van der Waals surface area contributed by atoms with E-state index in [2.05, 4.69) is 25.4 Å². The van der Waals surface area contributed by atoms with Gasteiger partial charge >= 0.3 is 0 Å². The van der Waals surface area contributed by atoms with Gasteiger partial charge in [-0.1, -0.05) is 0 Å². The van der Waals surface area contributed by atoms with Gasteiger partial charge in [0.2, 0.25) is 5.95 Å². The number of fused-ring (bicyclic) bond motifs is 1. The quantitative estimate of drug-likeness (QED) is 0.753. The average Bonchev–Trinajstić information content (AvgIpc) is 2.91. The second-order valence-corrected chi connectivity index (χ2v) is 5.25. The molecule has 3 rings (SSSR count). The first-order valence-corrected chi connectivity index (χ1v) is 7.10. The minimum atomic E-state index is 0.585. The van der Waals surface area contributed by atoms with Crippen molar-refractivity contribution in [2.45, 2.75) is 20.8 Å². The summed E-state index contributed by atoms with van der Waals surface area (Å²) >= 11 is 0. The maximum absolute atomic E-state index is 4.67. The van der Waals surface area contributed by atoms with E-state index in [1.807, 2.05) is 45.2 Å². The lowest BCUT2D eigenvalue weighted by molar-refractivity contribution is 0.909. The summed E-state index contributed by atoms with van der Waals surface area (Å²) in [6.07, 6.45) is 3.71. The van der Waals surface area contributed by atoms with Crippen LogP contribution in [-0.2, 0) is 0 Å². The number of nitrogens with one attached hydrogen (secondary N) is 1. The van der Waals surface area contributed by atoms with Gasteiger partial charge in [-0.25, -0.2) is 9.50 Å². The summed E-state index contributed by atoms with van der Waals surface area (Å²) in [7, 11) is 1.80. The van der Waals surface area contributed by atoms with Gasteiger partial charge in [0, 0.05) is 24.5 Å². The van der Waals surface area contributed by atoms with Gasteiger partial charge in [0.15, 0.2) is 0 Å². The van der Waals surface area contributed by atoms with Gasteiger partial charge in [0.25, 0.3) is 0 Å². The predicted molar refractivity (Wildman–Crippen MR) is 88.9 cm³/mol. The first kappa shape index (κ1) is 14.2. The summed E-state index contributed by atoms with van der Waals surface area (Å²) < 4.78 is 1.80. The molecule has 0 saturated heterocycles. The van der Waals surface area contributed by atoms with Crippen LogP contribution in [0.15, 0.2) is 35.6 Å². The molecule has 0 fully saturated rings. The van der Waals surface area contributed by atoms with E-state index in [0.29, 0.717) is 5.95 Å². The Morgan fingerprint density at radius 3 is 2.73 bits per heavy atom. The molecule has 0 aliphatic rings. The minimum Gasteiger partial charge on any atom is -0.356 e. The second-order valence-electron chi connectivity index (χ2n) is 5.25. The minimum absolute atomic E-state index is 0.585. The zero-order valence-electron chi connectivity index (χ0n) is 13.1. The van der Waals surface area contributed by atoms with Crippen molar-refractivity contribution in [2.24, 2.45) is 4.99 Å². The molecule has 0 unspecified atom stereocenters. The van der Waals surface area contributed by atoms with Gasteiger partial charge in [-0.3, -0.25) is 9.98 Å². The number of aryl methyl sites for hydroxylation is 1. The largest absolute Gasteiger partial charge is 0.356 e. The van der Waals surface area contributed by atoms with Crippen LogP contribution in [0.5, 0.6) is 0 Å². The van der Waals surface area contributed by atoms with Crippen molar-refractivity contribution in [1.29, 1.82) is 0 Å². The zero-order chi connectivity index (χ0) is 15.7. The Bertz CT molecular complexity index is 858. The van der Waals surface area contributed by atoms with Crippen LogP contribution >= 0.6 is 0 Å². The molecule has 1 N–H and O–H groups in total. The van der Waals surface area contributed by atoms with Gasteiger partial charge < -0.3 is 5.32 Å². The molecule has 6 nitrogen and oxygen atoms in total. The lowest BCUT2D eigenvalue weighted by Crippen LogP contribution is -2.00. The van der Waals surface area contributed by atoms with E-state index >= 15 is 0 Å². The lowest BCUT2D eigenvalue weighted by atomic mass is 10.1. The summed E-state index contributed by atoms with van der Waals surface area (Å²) in [6.45, 7) is 5.93. The zero-order valence-corrected chi connectivity index (χ0v) is 13.1. The molecule has 0 atom stereocenters. The third kappa shape index (κ3) is 2.55. The van der Waals surface area contributed by atoms with Crippen LogP contribution in [0.25, 0.3) is 16.8 Å². The molecule has 0 amide bonds. The van der Waals surface area contributed by atoms with Crippen molar-refractivity contribution in [2.75, 3.05) is 12.4 Å². The van der Waals surface area contributed by atoms with E-state index in [4.69, 9.17) is 0 Å². The monoisotopic (exact) mass is 294 g/mol. The van der Waals surface area contributed by atoms with Crippen LogP contribution in [-0.4, -0.2) is 32.3 Å². The molecule has 0 saturated carbocycles. The Kier molecular flexibility index (Phi) is 3.58. The molecule has 0 radical (unpaired) electrons. The van der Waals surface area contributed by atoms with E-state index < -0.39 is 0 Å². The number of rotatable bonds is 3. The average molecular weight is 294 g/mol. The Balaban J connectivity index is 2.08. The van der Waals surface area contributed by atoms with Gasteiger partial charge in [0.05, 0.1) is 28.8 Å². The van der Waals surface area contributed by atoms with Crippen LogP contribution in [0, 0.1) is 6.92 Å². The molecular weight excluding hydrogens is 276 g/mol. The predicted octanol–water partition coefficient (Wildman–Crippen LogP) is 3.25. The van der Waals surface area contributed by atoms with Crippen molar-refractivity contribution in [3.8, 4) is 11.3 Å². The first-order valence-electron chi connectivity index (χ1n) is 7.10. The number of hydrogen-bond donors (Lipinski definition) is 1. The number of nitrogens with zero attached hydrogens (tertiary/aromatic N) is 5. The highest BCUT2D eigenvalue weighted by Gasteiger charge is 2.10. The number of aliphatic imine (C=N–C) groups is 1. The topological polar surface area (TPSA) is 67.5 Å². The lowest BCUT2D eigenvalue weighted by Gasteiger charge is -2.05. The molecule has 0 aliphatic heterocycles. The Morgan fingerprint density at radius 2 is 2.05 bits per heavy atom. The summed E-state index contributed by atoms with van der Waals surface area (Å²) in [5.74, 6) is 0.585. The van der Waals surface area contributed by atoms with Gasteiger partial charge in [-0.2, -0.15) is 0 Å². The molecule has 0 spiro atoms. The number of aromatic nitrogens is 4. The smallest absolute Gasteiger partial charge is 0.240 e. The van der Waals surface area contributed by atoms with E-state index in [0.717, 1.165) is 33.9 Å². The van der Waals surface area contributed by atoms with Crippen molar-refractivity contribution < 1.29 is 0 Å². The highest BCUT2D eigenvalue weighted by molar-refractivity contribution is 5.83. The molecule has 6 heteroatoms.